The molecule has 4 nitrogen and oxygen atoms in total. The Kier molecular flexibility index (Phi) is 5.13. The first kappa shape index (κ1) is 18.6. The van der Waals surface area contributed by atoms with E-state index in [1.165, 1.54) is 32.1 Å². The number of hydrogen-bond acceptors (Lipinski definition) is 3. The van der Waals surface area contributed by atoms with E-state index in [1.54, 1.807) is 13.1 Å². The summed E-state index contributed by atoms with van der Waals surface area (Å²) in [4.78, 5) is 0. The summed E-state index contributed by atoms with van der Waals surface area (Å²) in [6.07, 6.45) is 10.2. The van der Waals surface area contributed by atoms with Gasteiger partial charge in [0.1, 0.15) is 5.73 Å². The molecule has 6 heteroatoms. The van der Waals surface area contributed by atoms with E-state index >= 15 is 0 Å². The Bertz CT molecular complexity index is 632. The maximum absolute atomic E-state index is 14.9. The molecular weight excluding hydrogens is 318 g/mol. The van der Waals surface area contributed by atoms with E-state index in [4.69, 9.17) is 9.31 Å². The fourth-order valence-electron chi connectivity index (χ4n) is 3.55. The molecule has 0 aromatic carbocycles. The van der Waals surface area contributed by atoms with Crippen LogP contribution in [0.25, 0.3) is 5.57 Å². The van der Waals surface area contributed by atoms with E-state index in [0.29, 0.717) is 11.5 Å². The Morgan fingerprint density at radius 2 is 1.80 bits per heavy atom. The maximum atomic E-state index is 14.9. The van der Waals surface area contributed by atoms with Gasteiger partial charge in [0.2, 0.25) is 0 Å². The Balaban J connectivity index is 1.71. The van der Waals surface area contributed by atoms with Crippen LogP contribution in [0, 0.1) is 5.92 Å². The minimum atomic E-state index is -0.952. The molecular formula is C19H30BFN2O2. The van der Waals surface area contributed by atoms with E-state index in [0.717, 1.165) is 12.1 Å². The van der Waals surface area contributed by atoms with E-state index in [2.05, 4.69) is 5.10 Å². The van der Waals surface area contributed by atoms with Crippen LogP contribution in [0.4, 0.5) is 4.39 Å². The van der Waals surface area contributed by atoms with Gasteiger partial charge in [0.05, 0.1) is 17.4 Å². The first-order chi connectivity index (χ1) is 11.7. The summed E-state index contributed by atoms with van der Waals surface area (Å²) in [7, 11) is -0.952. The first-order valence-corrected chi connectivity index (χ1v) is 9.44. The van der Waals surface area contributed by atoms with Crippen LogP contribution in [0.1, 0.15) is 72.3 Å². The van der Waals surface area contributed by atoms with Gasteiger partial charge in [-0.25, -0.2) is 4.39 Å². The molecule has 2 heterocycles. The normalized spacial score (nSPS) is 24.5. The van der Waals surface area contributed by atoms with E-state index < -0.39 is 18.3 Å². The maximum Gasteiger partial charge on any atom is 0.525 e. The third-order valence-electron chi connectivity index (χ3n) is 6.05. The summed E-state index contributed by atoms with van der Waals surface area (Å²) in [5.41, 5.74) is -0.117. The zero-order chi connectivity index (χ0) is 18.2. The summed E-state index contributed by atoms with van der Waals surface area (Å²) in [6.45, 7) is 10.4. The van der Waals surface area contributed by atoms with E-state index in [-0.39, 0.29) is 5.73 Å². The highest BCUT2D eigenvalue weighted by Crippen LogP contribution is 2.40. The highest BCUT2D eigenvalue weighted by molar-refractivity contribution is 6.55. The van der Waals surface area contributed by atoms with Crippen molar-refractivity contribution in [1.29, 1.82) is 0 Å². The molecule has 138 valence electrons. The van der Waals surface area contributed by atoms with Crippen LogP contribution in [-0.4, -0.2) is 28.1 Å². The standard InChI is InChI=1S/C19H30BFN2O2/c1-14(17(21)20-24-18(2,3)19(4,5)25-20)16-11-22-23(13-16)12-15-9-7-6-8-10-15/h11,13,15H,6-10,12H2,1-5H3. The Hall–Kier alpha value is -1.14. The molecule has 0 spiro atoms. The molecule has 1 saturated carbocycles. The van der Waals surface area contributed by atoms with Gasteiger partial charge in [-0.15, -0.1) is 0 Å². The van der Waals surface area contributed by atoms with Crippen molar-refractivity contribution in [2.75, 3.05) is 0 Å². The van der Waals surface area contributed by atoms with Gasteiger partial charge in [-0.2, -0.15) is 5.10 Å². The average Bonchev–Trinajstić information content (AvgIpc) is 3.09. The number of allylic oxidation sites excluding steroid dienone is 1. The molecule has 1 aromatic heterocycles. The van der Waals surface area contributed by atoms with Gasteiger partial charge in [-0.05, 0) is 59.0 Å². The fraction of sp³-hybridized carbons (Fsp3) is 0.737. The monoisotopic (exact) mass is 348 g/mol. The third-order valence-corrected chi connectivity index (χ3v) is 6.05. The van der Waals surface area contributed by atoms with Gasteiger partial charge in [0.25, 0.3) is 0 Å². The minimum Gasteiger partial charge on any atom is -0.398 e. The molecule has 2 fully saturated rings. The highest BCUT2D eigenvalue weighted by Gasteiger charge is 2.53. The Morgan fingerprint density at radius 1 is 1.20 bits per heavy atom. The summed E-state index contributed by atoms with van der Waals surface area (Å²) in [5, 5.41) is 4.43. The molecule has 1 aliphatic carbocycles. The Morgan fingerprint density at radius 3 is 2.40 bits per heavy atom. The number of aromatic nitrogens is 2. The molecule has 1 aliphatic heterocycles. The lowest BCUT2D eigenvalue weighted by atomic mass is 9.84. The molecule has 1 saturated heterocycles. The summed E-state index contributed by atoms with van der Waals surface area (Å²) in [5.74, 6) is 0.693. The molecule has 1 aromatic rings. The predicted molar refractivity (Wildman–Crippen MR) is 98.6 cm³/mol. The molecule has 0 bridgehead atoms. The largest absolute Gasteiger partial charge is 0.525 e. The minimum absolute atomic E-state index is 0.365. The van der Waals surface area contributed by atoms with Gasteiger partial charge in [-0.3, -0.25) is 4.68 Å². The number of hydrogen-bond donors (Lipinski definition) is 0. The van der Waals surface area contributed by atoms with Crippen LogP contribution in [0.2, 0.25) is 0 Å². The van der Waals surface area contributed by atoms with Gasteiger partial charge in [0.15, 0.2) is 0 Å². The highest BCUT2D eigenvalue weighted by atomic mass is 19.1. The SMILES string of the molecule is CC(=C(F)B1OC(C)(C)C(C)(C)O1)c1cnn(CC2CCCCC2)c1. The number of halogens is 1. The van der Waals surface area contributed by atoms with Crippen molar-refractivity contribution in [2.45, 2.75) is 84.5 Å². The van der Waals surface area contributed by atoms with Crippen molar-refractivity contribution in [3.05, 3.63) is 23.7 Å². The van der Waals surface area contributed by atoms with Crippen molar-refractivity contribution in [3.8, 4) is 0 Å². The molecule has 0 amide bonds. The van der Waals surface area contributed by atoms with Crippen LogP contribution >= 0.6 is 0 Å². The van der Waals surface area contributed by atoms with Gasteiger partial charge < -0.3 is 9.31 Å². The van der Waals surface area contributed by atoms with Crippen molar-refractivity contribution in [2.24, 2.45) is 5.92 Å². The fourth-order valence-corrected chi connectivity index (χ4v) is 3.55. The lowest BCUT2D eigenvalue weighted by Crippen LogP contribution is -2.41. The first-order valence-electron chi connectivity index (χ1n) is 9.44. The van der Waals surface area contributed by atoms with E-state index in [9.17, 15) is 4.39 Å². The second-order valence-corrected chi connectivity index (χ2v) is 8.52. The van der Waals surface area contributed by atoms with Crippen LogP contribution in [0.3, 0.4) is 0 Å². The summed E-state index contributed by atoms with van der Waals surface area (Å²) < 4.78 is 28.5. The van der Waals surface area contributed by atoms with Crippen LogP contribution in [0.5, 0.6) is 0 Å². The molecule has 0 N–H and O–H groups in total. The molecule has 3 rings (SSSR count). The summed E-state index contributed by atoms with van der Waals surface area (Å²) in [6, 6.07) is 0. The smallest absolute Gasteiger partial charge is 0.398 e. The van der Waals surface area contributed by atoms with Crippen molar-refractivity contribution < 1.29 is 13.7 Å². The predicted octanol–water partition coefficient (Wildman–Crippen LogP) is 4.80. The molecule has 0 unspecified atom stereocenters. The van der Waals surface area contributed by atoms with Gasteiger partial charge >= 0.3 is 7.12 Å². The molecule has 0 radical (unpaired) electrons. The van der Waals surface area contributed by atoms with Crippen molar-refractivity contribution in [3.63, 3.8) is 0 Å². The summed E-state index contributed by atoms with van der Waals surface area (Å²) >= 11 is 0. The molecule has 25 heavy (non-hydrogen) atoms. The zero-order valence-corrected chi connectivity index (χ0v) is 16.1. The van der Waals surface area contributed by atoms with Crippen LogP contribution in [-0.2, 0) is 15.9 Å². The van der Waals surface area contributed by atoms with E-state index in [1.807, 2.05) is 38.6 Å². The molecule has 0 atom stereocenters. The number of rotatable bonds is 4. The topological polar surface area (TPSA) is 36.3 Å². The van der Waals surface area contributed by atoms with Gasteiger partial charge in [-0.1, -0.05) is 19.3 Å². The van der Waals surface area contributed by atoms with Crippen molar-refractivity contribution in [1.82, 2.24) is 9.78 Å². The lowest BCUT2D eigenvalue weighted by molar-refractivity contribution is 0.00578. The zero-order valence-electron chi connectivity index (χ0n) is 16.1. The second kappa shape index (κ2) is 6.88. The Labute approximate surface area is 150 Å². The van der Waals surface area contributed by atoms with Crippen LogP contribution < -0.4 is 0 Å². The van der Waals surface area contributed by atoms with Crippen molar-refractivity contribution >= 4 is 12.7 Å². The third kappa shape index (κ3) is 3.85. The quantitative estimate of drug-likeness (QED) is 0.734. The second-order valence-electron chi connectivity index (χ2n) is 8.52. The lowest BCUT2D eigenvalue weighted by Gasteiger charge is -2.32. The number of nitrogens with zero attached hydrogens (tertiary/aromatic N) is 2. The van der Waals surface area contributed by atoms with Gasteiger partial charge in [0, 0.05) is 18.3 Å². The van der Waals surface area contributed by atoms with Crippen LogP contribution in [0.15, 0.2) is 18.1 Å². The average molecular weight is 348 g/mol. The molecule has 2 aliphatic rings.